The van der Waals surface area contributed by atoms with Gasteiger partial charge in [0, 0.05) is 6.42 Å². The fourth-order valence-electron chi connectivity index (χ4n) is 11.6. The quantitative estimate of drug-likeness (QED) is 0.0269. The smallest absolute Gasteiger partial charge is 0.220 e. The molecular formula is C62H119NO18. The highest BCUT2D eigenvalue weighted by Crippen LogP contribution is 2.33. The number of ether oxygens (including phenoxy) is 6. The third kappa shape index (κ3) is 29.4. The number of carbonyl (C=O) groups is 1. The zero-order valence-corrected chi connectivity index (χ0v) is 50.3. The molecular weight excluding hydrogens is 1050 g/mol. The minimum absolute atomic E-state index is 0.246. The maximum atomic E-state index is 13.2. The zero-order chi connectivity index (χ0) is 59.0. The normalized spacial score (nSPS) is 29.7. The molecule has 17 atom stereocenters. The third-order valence-electron chi connectivity index (χ3n) is 16.9. The van der Waals surface area contributed by atoms with Crippen LogP contribution in [0.15, 0.2) is 0 Å². The van der Waals surface area contributed by atoms with E-state index in [1.54, 1.807) is 0 Å². The molecule has 3 aliphatic rings. The van der Waals surface area contributed by atoms with E-state index in [-0.39, 0.29) is 18.9 Å². The Morgan fingerprint density at radius 1 is 0.395 bits per heavy atom. The minimum Gasteiger partial charge on any atom is -0.394 e. The van der Waals surface area contributed by atoms with Gasteiger partial charge in [0.05, 0.1) is 38.6 Å². The predicted molar refractivity (Wildman–Crippen MR) is 310 cm³/mol. The van der Waals surface area contributed by atoms with Crippen LogP contribution in [-0.2, 0) is 33.2 Å². The lowest BCUT2D eigenvalue weighted by Crippen LogP contribution is -2.66. The van der Waals surface area contributed by atoms with Crippen molar-refractivity contribution in [2.24, 2.45) is 0 Å². The van der Waals surface area contributed by atoms with Crippen LogP contribution in [-0.4, -0.2) is 193 Å². The van der Waals surface area contributed by atoms with Crippen molar-refractivity contribution in [3.63, 3.8) is 0 Å². The molecule has 0 saturated carbocycles. The van der Waals surface area contributed by atoms with Gasteiger partial charge in [0.1, 0.15) is 73.2 Å². The van der Waals surface area contributed by atoms with Crippen LogP contribution in [0, 0.1) is 0 Å². The number of aliphatic hydroxyl groups excluding tert-OH is 11. The number of hydrogen-bond acceptors (Lipinski definition) is 18. The number of rotatable bonds is 50. The van der Waals surface area contributed by atoms with Crippen molar-refractivity contribution in [3.05, 3.63) is 0 Å². The maximum absolute atomic E-state index is 13.2. The molecule has 0 bridgehead atoms. The second kappa shape index (κ2) is 46.0. The summed E-state index contributed by atoms with van der Waals surface area (Å²) in [6.45, 7) is 1.76. The number of unbranched alkanes of at least 4 members (excludes halogenated alkanes) is 34. The number of nitrogens with one attached hydrogen (secondary N) is 1. The van der Waals surface area contributed by atoms with Crippen molar-refractivity contribution < 1.29 is 89.4 Å². The fraction of sp³-hybridized carbons (Fsp3) is 0.984. The van der Waals surface area contributed by atoms with E-state index >= 15 is 0 Å². The topological polar surface area (TPSA) is 307 Å². The van der Waals surface area contributed by atoms with Crippen molar-refractivity contribution in [3.8, 4) is 0 Å². The van der Waals surface area contributed by atoms with Gasteiger partial charge in [-0.2, -0.15) is 0 Å². The molecule has 12 N–H and O–H groups in total. The highest BCUT2D eigenvalue weighted by atomic mass is 16.8. The molecule has 0 aromatic heterocycles. The first-order chi connectivity index (χ1) is 39.3. The van der Waals surface area contributed by atoms with Crippen LogP contribution in [0.2, 0.25) is 0 Å². The summed E-state index contributed by atoms with van der Waals surface area (Å²) in [6.07, 6.45) is 19.7. The first kappa shape index (κ1) is 74.0. The van der Waals surface area contributed by atoms with Crippen LogP contribution in [0.1, 0.15) is 258 Å². The van der Waals surface area contributed by atoms with Gasteiger partial charge in [-0.25, -0.2) is 0 Å². The number of amides is 1. The number of hydrogen-bond donors (Lipinski definition) is 12. The SMILES string of the molecule is CCCCCCCCCCCCCCCCCCCCCCCCCCCCCCCC(O)C(COC1OC(CO)C(OC2OC(CO)C(OC3OC(CO)C(O)C(O)C3O)C(O)C2O)C(O)C1O)NC(=O)CCCCCCCCC. The van der Waals surface area contributed by atoms with Crippen LogP contribution in [0.4, 0.5) is 0 Å². The lowest BCUT2D eigenvalue weighted by atomic mass is 9.96. The van der Waals surface area contributed by atoms with E-state index in [0.717, 1.165) is 51.4 Å². The van der Waals surface area contributed by atoms with Crippen LogP contribution in [0.5, 0.6) is 0 Å². The summed E-state index contributed by atoms with van der Waals surface area (Å²) < 4.78 is 34.3. The van der Waals surface area contributed by atoms with E-state index < -0.39 is 124 Å². The van der Waals surface area contributed by atoms with Crippen molar-refractivity contribution in [2.75, 3.05) is 26.4 Å². The molecule has 3 aliphatic heterocycles. The second-order valence-corrected chi connectivity index (χ2v) is 23.9. The molecule has 0 aromatic carbocycles. The predicted octanol–water partition coefficient (Wildman–Crippen LogP) is 7.16. The van der Waals surface area contributed by atoms with Crippen LogP contribution in [0.3, 0.4) is 0 Å². The van der Waals surface area contributed by atoms with Gasteiger partial charge in [-0.1, -0.05) is 239 Å². The second-order valence-electron chi connectivity index (χ2n) is 23.9. The fourth-order valence-corrected chi connectivity index (χ4v) is 11.6. The van der Waals surface area contributed by atoms with E-state index in [2.05, 4.69) is 19.2 Å². The van der Waals surface area contributed by atoms with Gasteiger partial charge in [0.25, 0.3) is 0 Å². The van der Waals surface area contributed by atoms with Gasteiger partial charge in [-0.15, -0.1) is 0 Å². The van der Waals surface area contributed by atoms with Crippen LogP contribution in [0.25, 0.3) is 0 Å². The highest BCUT2D eigenvalue weighted by molar-refractivity contribution is 5.76. The van der Waals surface area contributed by atoms with E-state index in [9.17, 15) is 61.0 Å². The van der Waals surface area contributed by atoms with Crippen molar-refractivity contribution >= 4 is 5.91 Å². The summed E-state index contributed by atoms with van der Waals surface area (Å²) in [5, 5.41) is 120. The molecule has 3 rings (SSSR count). The molecule has 3 saturated heterocycles. The molecule has 3 heterocycles. The molecule has 480 valence electrons. The molecule has 81 heavy (non-hydrogen) atoms. The molecule has 0 aromatic rings. The number of aliphatic hydroxyl groups is 11. The average molecular weight is 1170 g/mol. The van der Waals surface area contributed by atoms with Gasteiger partial charge in [-0.3, -0.25) is 4.79 Å². The lowest BCUT2D eigenvalue weighted by molar-refractivity contribution is -0.379. The van der Waals surface area contributed by atoms with Crippen molar-refractivity contribution in [1.29, 1.82) is 0 Å². The monoisotopic (exact) mass is 1170 g/mol. The summed E-state index contributed by atoms with van der Waals surface area (Å²) in [5.74, 6) is -0.246. The Balaban J connectivity index is 1.35. The molecule has 0 radical (unpaired) electrons. The minimum atomic E-state index is -1.97. The number of carbonyl (C=O) groups excluding carboxylic acids is 1. The summed E-state index contributed by atoms with van der Waals surface area (Å²) >= 11 is 0. The van der Waals surface area contributed by atoms with Gasteiger partial charge >= 0.3 is 0 Å². The summed E-state index contributed by atoms with van der Waals surface area (Å²) in [5.41, 5.74) is 0. The standard InChI is InChI=1S/C62H119NO18/c1-3-5-7-9-11-12-13-14-15-16-17-18-19-20-21-22-23-24-25-26-27-28-29-30-31-32-34-35-37-39-46(67)45(63-50(68)40-38-36-33-10-8-6-4-2)44-76-60-56(74)53(71)58(48(42-65)78-60)81-62-57(75)54(72)59(49(43-66)79-62)80-61-55(73)52(70)51(69)47(41-64)77-61/h45-49,51-62,64-67,69-75H,3-44H2,1-2H3,(H,63,68). The Hall–Kier alpha value is -1.21. The summed E-state index contributed by atoms with van der Waals surface area (Å²) in [7, 11) is 0. The highest BCUT2D eigenvalue weighted by Gasteiger charge is 2.53. The summed E-state index contributed by atoms with van der Waals surface area (Å²) in [4.78, 5) is 13.2. The third-order valence-corrected chi connectivity index (χ3v) is 16.9. The lowest BCUT2D eigenvalue weighted by Gasteiger charge is -2.48. The Bertz CT molecular complexity index is 1490. The van der Waals surface area contributed by atoms with Gasteiger partial charge in [-0.05, 0) is 12.8 Å². The molecule has 3 fully saturated rings. The molecule has 0 spiro atoms. The maximum Gasteiger partial charge on any atom is 0.220 e. The Kier molecular flexibility index (Phi) is 42.1. The average Bonchev–Trinajstić information content (AvgIpc) is 3.46. The molecule has 19 nitrogen and oxygen atoms in total. The van der Waals surface area contributed by atoms with E-state index in [1.807, 2.05) is 0 Å². The van der Waals surface area contributed by atoms with Gasteiger partial charge < -0.3 is 89.9 Å². The van der Waals surface area contributed by atoms with Crippen molar-refractivity contribution in [2.45, 2.75) is 362 Å². The largest absolute Gasteiger partial charge is 0.394 e. The van der Waals surface area contributed by atoms with Gasteiger partial charge in [0.2, 0.25) is 5.91 Å². The van der Waals surface area contributed by atoms with Crippen LogP contribution < -0.4 is 5.32 Å². The van der Waals surface area contributed by atoms with E-state index in [1.165, 1.54) is 173 Å². The summed E-state index contributed by atoms with van der Waals surface area (Å²) in [6, 6.07) is -0.879. The molecule has 19 heteroatoms. The van der Waals surface area contributed by atoms with Gasteiger partial charge in [0.15, 0.2) is 18.9 Å². The van der Waals surface area contributed by atoms with Crippen molar-refractivity contribution in [1.82, 2.24) is 5.32 Å². The molecule has 0 aliphatic carbocycles. The van der Waals surface area contributed by atoms with Crippen LogP contribution >= 0.6 is 0 Å². The molecule has 1 amide bonds. The Labute approximate surface area is 487 Å². The zero-order valence-electron chi connectivity index (χ0n) is 50.3. The first-order valence-corrected chi connectivity index (χ1v) is 32.8. The first-order valence-electron chi connectivity index (χ1n) is 32.8. The Morgan fingerprint density at radius 2 is 0.704 bits per heavy atom. The molecule has 17 unspecified atom stereocenters. The van der Waals surface area contributed by atoms with E-state index in [0.29, 0.717) is 12.8 Å². The van der Waals surface area contributed by atoms with E-state index in [4.69, 9.17) is 28.4 Å². The Morgan fingerprint density at radius 3 is 1.07 bits per heavy atom.